The lowest BCUT2D eigenvalue weighted by Gasteiger charge is -1.91. The first-order chi connectivity index (χ1) is 6.59. The topological polar surface area (TPSA) is 144 Å². The Bertz CT molecular complexity index is 388. The molecule has 1 heterocycles. The van der Waals surface area contributed by atoms with E-state index in [1.165, 1.54) is 23.3 Å². The van der Waals surface area contributed by atoms with Gasteiger partial charge in [0.2, 0.25) is 11.9 Å². The quantitative estimate of drug-likeness (QED) is 0.283. The monoisotopic (exact) mass is 230 g/mol. The van der Waals surface area contributed by atoms with E-state index >= 15 is 0 Å². The number of aromatic nitrogens is 2. The van der Waals surface area contributed by atoms with Gasteiger partial charge >= 0.3 is 0 Å². The standard InChI is InChI=1S/C6H10N8.ClH/c7-5(8)13-11-1-4-2-12-14(3-4)6(9)10;/h1-3H,(H3,9,10)(H4,7,8,13);1H/b11-1+;. The number of nitrogens with one attached hydrogen (secondary N) is 1. The van der Waals surface area contributed by atoms with Crippen molar-refractivity contribution in [3.05, 3.63) is 18.0 Å². The molecule has 0 saturated carbocycles. The third-order valence-corrected chi connectivity index (χ3v) is 1.23. The van der Waals surface area contributed by atoms with Crippen LogP contribution in [0.25, 0.3) is 0 Å². The average Bonchev–Trinajstić information content (AvgIpc) is 2.52. The number of halogens is 1. The number of hydrogen-bond acceptors (Lipinski definition) is 4. The van der Waals surface area contributed by atoms with Crippen LogP contribution in [0.3, 0.4) is 0 Å². The number of rotatable bonds is 2. The molecule has 0 fully saturated rings. The van der Waals surface area contributed by atoms with E-state index in [1.807, 2.05) is 0 Å². The van der Waals surface area contributed by atoms with Gasteiger partial charge in [-0.1, -0.05) is 0 Å². The summed E-state index contributed by atoms with van der Waals surface area (Å²) in [5.41, 5.74) is 15.9. The first-order valence-corrected chi connectivity index (χ1v) is 3.60. The van der Waals surface area contributed by atoms with Crippen molar-refractivity contribution in [3.63, 3.8) is 0 Å². The molecular weight excluding hydrogens is 220 g/mol. The minimum atomic E-state index is -0.175. The zero-order valence-corrected chi connectivity index (χ0v) is 8.48. The van der Waals surface area contributed by atoms with Crippen molar-refractivity contribution in [2.75, 3.05) is 0 Å². The predicted octanol–water partition coefficient (Wildman–Crippen LogP) is -1.35. The molecule has 1 rings (SSSR count). The van der Waals surface area contributed by atoms with E-state index in [0.29, 0.717) is 5.56 Å². The first kappa shape index (κ1) is 12.9. The summed E-state index contributed by atoms with van der Waals surface area (Å²) in [6.45, 7) is 0. The Balaban J connectivity index is 0.00000196. The third-order valence-electron chi connectivity index (χ3n) is 1.23. The van der Waals surface area contributed by atoms with Crippen LogP contribution in [0.4, 0.5) is 0 Å². The van der Waals surface area contributed by atoms with E-state index in [1.54, 1.807) is 0 Å². The molecule has 9 heteroatoms. The number of nitrogens with zero attached hydrogens (tertiary/aromatic N) is 4. The number of nitrogens with two attached hydrogens (primary N) is 3. The van der Waals surface area contributed by atoms with Gasteiger partial charge in [-0.2, -0.15) is 10.2 Å². The summed E-state index contributed by atoms with van der Waals surface area (Å²) >= 11 is 0. The number of nitrogen functional groups attached to an aromatic ring is 1. The Morgan fingerprint density at radius 3 is 2.60 bits per heavy atom. The maximum absolute atomic E-state index is 7.06. The maximum Gasteiger partial charge on any atom is 0.213 e. The average molecular weight is 231 g/mol. The van der Waals surface area contributed by atoms with Crippen molar-refractivity contribution in [2.45, 2.75) is 0 Å². The Morgan fingerprint density at radius 1 is 1.47 bits per heavy atom. The van der Waals surface area contributed by atoms with Crippen molar-refractivity contribution >= 4 is 30.5 Å². The molecule has 0 aliphatic carbocycles. The molecule has 0 aromatic carbocycles. The lowest BCUT2D eigenvalue weighted by atomic mass is 10.4. The fourth-order valence-corrected chi connectivity index (χ4v) is 0.697. The van der Waals surface area contributed by atoms with E-state index in [9.17, 15) is 0 Å². The molecule has 0 aliphatic heterocycles. The van der Waals surface area contributed by atoms with Crippen molar-refractivity contribution in [3.8, 4) is 0 Å². The van der Waals surface area contributed by atoms with Crippen LogP contribution < -0.4 is 17.2 Å². The van der Waals surface area contributed by atoms with Crippen molar-refractivity contribution in [1.29, 1.82) is 5.41 Å². The number of hydrogen-bond donors (Lipinski definition) is 4. The van der Waals surface area contributed by atoms with Crippen LogP contribution in [0.1, 0.15) is 5.56 Å². The molecular formula is C6H11ClN8. The van der Waals surface area contributed by atoms with Gasteiger partial charge in [-0.15, -0.1) is 17.5 Å². The fraction of sp³-hybridized carbons (Fsp3) is 0. The molecule has 0 atom stereocenters. The molecule has 1 aromatic rings. The molecule has 7 N–H and O–H groups in total. The highest BCUT2D eigenvalue weighted by Crippen LogP contribution is 1.92. The summed E-state index contributed by atoms with van der Waals surface area (Å²) in [5.74, 6) is -0.299. The molecule has 0 aliphatic rings. The smallest absolute Gasteiger partial charge is 0.213 e. The van der Waals surface area contributed by atoms with Crippen LogP contribution in [-0.2, 0) is 0 Å². The highest BCUT2D eigenvalue weighted by molar-refractivity contribution is 5.85. The van der Waals surface area contributed by atoms with E-state index in [4.69, 9.17) is 22.6 Å². The zero-order valence-electron chi connectivity index (χ0n) is 7.66. The van der Waals surface area contributed by atoms with Gasteiger partial charge in [-0.3, -0.25) is 5.41 Å². The second kappa shape index (κ2) is 5.60. The molecule has 0 spiro atoms. The Labute approximate surface area is 91.8 Å². The van der Waals surface area contributed by atoms with E-state index in [-0.39, 0.29) is 24.3 Å². The molecule has 0 saturated heterocycles. The van der Waals surface area contributed by atoms with Crippen molar-refractivity contribution in [1.82, 2.24) is 9.78 Å². The van der Waals surface area contributed by atoms with Gasteiger partial charge in [0.05, 0.1) is 12.4 Å². The van der Waals surface area contributed by atoms with Crippen LogP contribution in [-0.4, -0.2) is 27.9 Å². The van der Waals surface area contributed by atoms with Crippen LogP contribution in [0.2, 0.25) is 0 Å². The minimum absolute atomic E-state index is 0. The summed E-state index contributed by atoms with van der Waals surface area (Å²) in [7, 11) is 0. The van der Waals surface area contributed by atoms with Gasteiger partial charge < -0.3 is 17.2 Å². The predicted molar refractivity (Wildman–Crippen MR) is 60.2 cm³/mol. The van der Waals surface area contributed by atoms with Crippen LogP contribution >= 0.6 is 12.4 Å². The lowest BCUT2D eigenvalue weighted by Crippen LogP contribution is -2.21. The van der Waals surface area contributed by atoms with Gasteiger partial charge in [0.15, 0.2) is 0 Å². The van der Waals surface area contributed by atoms with E-state index < -0.39 is 0 Å². The van der Waals surface area contributed by atoms with Gasteiger partial charge in [0, 0.05) is 11.8 Å². The maximum atomic E-state index is 7.06. The van der Waals surface area contributed by atoms with E-state index in [2.05, 4.69) is 15.3 Å². The lowest BCUT2D eigenvalue weighted by molar-refractivity contribution is 0.911. The van der Waals surface area contributed by atoms with Crippen molar-refractivity contribution < 1.29 is 0 Å². The van der Waals surface area contributed by atoms with Crippen LogP contribution in [0, 0.1) is 5.41 Å². The molecule has 8 nitrogen and oxygen atoms in total. The highest BCUT2D eigenvalue weighted by atomic mass is 35.5. The van der Waals surface area contributed by atoms with Crippen molar-refractivity contribution in [2.24, 2.45) is 27.4 Å². The van der Waals surface area contributed by atoms with Crippen LogP contribution in [0.15, 0.2) is 22.6 Å². The highest BCUT2D eigenvalue weighted by Gasteiger charge is 1.96. The fourth-order valence-electron chi connectivity index (χ4n) is 0.697. The number of guanidine groups is 1. The van der Waals surface area contributed by atoms with E-state index in [0.717, 1.165) is 0 Å². The summed E-state index contributed by atoms with van der Waals surface area (Å²) in [6, 6.07) is 0. The minimum Gasteiger partial charge on any atom is -0.369 e. The SMILES string of the molecule is Cl.N=C(N)n1cc(/C=N/N=C(N)N)cn1. The summed E-state index contributed by atoms with van der Waals surface area (Å²) < 4.78 is 1.19. The first-order valence-electron chi connectivity index (χ1n) is 3.60. The Kier molecular flexibility index (Phi) is 4.82. The normalized spacial score (nSPS) is 9.60. The zero-order chi connectivity index (χ0) is 10.6. The Morgan fingerprint density at radius 2 is 2.13 bits per heavy atom. The van der Waals surface area contributed by atoms with Gasteiger partial charge in [-0.05, 0) is 0 Å². The molecule has 15 heavy (non-hydrogen) atoms. The van der Waals surface area contributed by atoms with Gasteiger partial charge in [-0.25, -0.2) is 4.68 Å². The molecule has 82 valence electrons. The third kappa shape index (κ3) is 4.09. The van der Waals surface area contributed by atoms with Crippen LogP contribution in [0.5, 0.6) is 0 Å². The molecule has 1 aromatic heterocycles. The molecule has 0 unspecified atom stereocenters. The molecule has 0 amide bonds. The van der Waals surface area contributed by atoms with Gasteiger partial charge in [0.25, 0.3) is 0 Å². The molecule has 0 bridgehead atoms. The summed E-state index contributed by atoms with van der Waals surface area (Å²) in [4.78, 5) is 0. The second-order valence-corrected chi connectivity index (χ2v) is 2.37. The molecule has 0 radical (unpaired) electrons. The summed E-state index contributed by atoms with van der Waals surface area (Å²) in [6.07, 6.45) is 4.40. The largest absolute Gasteiger partial charge is 0.369 e. The summed E-state index contributed by atoms with van der Waals surface area (Å²) in [5, 5.41) is 17.8. The van der Waals surface area contributed by atoms with Gasteiger partial charge in [0.1, 0.15) is 0 Å². The second-order valence-electron chi connectivity index (χ2n) is 2.37. The Hall–Kier alpha value is -2.09.